The van der Waals surface area contributed by atoms with E-state index in [9.17, 15) is 9.59 Å². The zero-order valence-corrected chi connectivity index (χ0v) is 10.2. The van der Waals surface area contributed by atoms with Crippen LogP contribution in [-0.4, -0.2) is 61.5 Å². The summed E-state index contributed by atoms with van der Waals surface area (Å²) in [5.74, 6) is -0.178. The maximum Gasteiger partial charge on any atom is 0.320 e. The van der Waals surface area contributed by atoms with E-state index < -0.39 is 0 Å². The Hall–Kier alpha value is -1.10. The quantitative estimate of drug-likeness (QED) is 0.640. The first-order valence-corrected chi connectivity index (χ1v) is 5.67. The number of hydrogen-bond acceptors (Lipinski definition) is 4. The van der Waals surface area contributed by atoms with Gasteiger partial charge in [-0.3, -0.25) is 14.5 Å². The summed E-state index contributed by atoms with van der Waals surface area (Å²) in [6.07, 6.45) is 1.79. The van der Waals surface area contributed by atoms with E-state index in [0.29, 0.717) is 6.61 Å². The summed E-state index contributed by atoms with van der Waals surface area (Å²) in [6, 6.07) is -0.153. The molecule has 5 heteroatoms. The number of nitrogens with zero attached hydrogens (tertiary/aromatic N) is 2. The van der Waals surface area contributed by atoms with Crippen molar-refractivity contribution in [2.45, 2.75) is 25.8 Å². The summed E-state index contributed by atoms with van der Waals surface area (Å²) >= 11 is 0. The van der Waals surface area contributed by atoms with Crippen LogP contribution in [0.2, 0.25) is 0 Å². The predicted octanol–water partition coefficient (Wildman–Crippen LogP) is 0.102. The number of likely N-dealkylation sites (N-methyl/N-ethyl adjacent to an activating group) is 1. The van der Waals surface area contributed by atoms with E-state index in [-0.39, 0.29) is 24.5 Å². The number of ether oxygens (including phenoxy) is 1. The maximum absolute atomic E-state index is 11.8. The molecule has 0 N–H and O–H groups in total. The normalized spacial score (nSPS) is 20.8. The molecule has 0 aromatic carbocycles. The molecule has 0 spiro atoms. The van der Waals surface area contributed by atoms with Crippen LogP contribution in [0.25, 0.3) is 0 Å². The molecule has 1 aliphatic heterocycles. The molecule has 1 fully saturated rings. The lowest BCUT2D eigenvalue weighted by Gasteiger charge is -2.24. The van der Waals surface area contributed by atoms with Crippen molar-refractivity contribution in [3.63, 3.8) is 0 Å². The van der Waals surface area contributed by atoms with Gasteiger partial charge in [-0.25, -0.2) is 0 Å². The van der Waals surface area contributed by atoms with Crippen molar-refractivity contribution in [2.75, 3.05) is 33.8 Å². The summed E-state index contributed by atoms with van der Waals surface area (Å²) in [5, 5.41) is 0. The molecule has 1 heterocycles. The zero-order valence-electron chi connectivity index (χ0n) is 10.2. The summed E-state index contributed by atoms with van der Waals surface area (Å²) in [5.41, 5.74) is 0. The fraction of sp³-hybridized carbons (Fsp3) is 0.818. The Balaban J connectivity index is 2.52. The highest BCUT2D eigenvalue weighted by molar-refractivity contribution is 5.82. The second kappa shape index (κ2) is 5.84. The third-order valence-electron chi connectivity index (χ3n) is 2.73. The van der Waals surface area contributed by atoms with Gasteiger partial charge in [0.2, 0.25) is 5.91 Å². The topological polar surface area (TPSA) is 49.9 Å². The van der Waals surface area contributed by atoms with Gasteiger partial charge in [0.15, 0.2) is 0 Å². The van der Waals surface area contributed by atoms with Crippen molar-refractivity contribution in [2.24, 2.45) is 0 Å². The van der Waals surface area contributed by atoms with Crippen molar-refractivity contribution >= 4 is 11.9 Å². The fourth-order valence-electron chi connectivity index (χ4n) is 1.97. The molecule has 1 unspecified atom stereocenters. The molecule has 1 atom stereocenters. The van der Waals surface area contributed by atoms with E-state index in [2.05, 4.69) is 0 Å². The minimum atomic E-state index is -0.249. The Labute approximate surface area is 96.3 Å². The molecule has 1 saturated heterocycles. The molecule has 0 radical (unpaired) electrons. The molecule has 0 bridgehead atoms. The van der Waals surface area contributed by atoms with Crippen LogP contribution in [0.5, 0.6) is 0 Å². The molecule has 0 saturated carbocycles. The van der Waals surface area contributed by atoms with Crippen LogP contribution in [0.1, 0.15) is 19.8 Å². The largest absolute Gasteiger partial charge is 0.465 e. The van der Waals surface area contributed by atoms with Crippen molar-refractivity contribution < 1.29 is 14.3 Å². The highest BCUT2D eigenvalue weighted by atomic mass is 16.5. The van der Waals surface area contributed by atoms with Crippen LogP contribution >= 0.6 is 0 Å². The highest BCUT2D eigenvalue weighted by Crippen LogP contribution is 2.18. The molecule has 92 valence electrons. The van der Waals surface area contributed by atoms with Crippen LogP contribution in [-0.2, 0) is 14.3 Å². The third kappa shape index (κ3) is 3.20. The molecular formula is C11H20N2O3. The second-order valence-corrected chi connectivity index (χ2v) is 4.17. The van der Waals surface area contributed by atoms with E-state index in [1.54, 1.807) is 25.9 Å². The molecule has 1 amide bonds. The van der Waals surface area contributed by atoms with Gasteiger partial charge in [-0.2, -0.15) is 0 Å². The van der Waals surface area contributed by atoms with Gasteiger partial charge in [-0.15, -0.1) is 0 Å². The van der Waals surface area contributed by atoms with Gasteiger partial charge in [0, 0.05) is 14.1 Å². The molecule has 1 aliphatic rings. The van der Waals surface area contributed by atoms with Crippen LogP contribution in [0, 0.1) is 0 Å². The molecule has 1 rings (SSSR count). The predicted molar refractivity (Wildman–Crippen MR) is 59.9 cm³/mol. The zero-order chi connectivity index (χ0) is 12.1. The van der Waals surface area contributed by atoms with Gasteiger partial charge in [-0.1, -0.05) is 0 Å². The number of rotatable bonds is 4. The van der Waals surface area contributed by atoms with Crippen LogP contribution in [0.15, 0.2) is 0 Å². The Morgan fingerprint density at radius 1 is 1.44 bits per heavy atom. The lowest BCUT2D eigenvalue weighted by atomic mass is 10.2. The number of esters is 1. The Morgan fingerprint density at radius 3 is 2.69 bits per heavy atom. The molecule has 16 heavy (non-hydrogen) atoms. The number of carbonyl (C=O) groups excluding carboxylic acids is 2. The van der Waals surface area contributed by atoms with Gasteiger partial charge in [0.05, 0.1) is 19.2 Å². The van der Waals surface area contributed by atoms with E-state index in [1.165, 1.54) is 0 Å². The van der Waals surface area contributed by atoms with Crippen molar-refractivity contribution in [3.8, 4) is 0 Å². The van der Waals surface area contributed by atoms with E-state index in [4.69, 9.17) is 4.74 Å². The summed E-state index contributed by atoms with van der Waals surface area (Å²) in [6.45, 7) is 3.18. The molecular weight excluding hydrogens is 208 g/mol. The van der Waals surface area contributed by atoms with E-state index in [1.807, 2.05) is 4.90 Å². The van der Waals surface area contributed by atoms with Gasteiger partial charge in [0.25, 0.3) is 0 Å². The Kier molecular flexibility index (Phi) is 4.73. The first-order valence-electron chi connectivity index (χ1n) is 5.67. The lowest BCUT2D eigenvalue weighted by Crippen LogP contribution is -2.44. The Bertz CT molecular complexity index is 266. The SMILES string of the molecule is CCOC(=O)CN1CCCC1C(=O)N(C)C. The van der Waals surface area contributed by atoms with Crippen LogP contribution < -0.4 is 0 Å². The smallest absolute Gasteiger partial charge is 0.320 e. The minimum Gasteiger partial charge on any atom is -0.465 e. The third-order valence-corrected chi connectivity index (χ3v) is 2.73. The first kappa shape index (κ1) is 13.0. The Morgan fingerprint density at radius 2 is 2.12 bits per heavy atom. The van der Waals surface area contributed by atoms with Gasteiger partial charge >= 0.3 is 5.97 Å². The number of carbonyl (C=O) groups is 2. The molecule has 0 aromatic rings. The van der Waals surface area contributed by atoms with E-state index >= 15 is 0 Å². The van der Waals surface area contributed by atoms with Crippen molar-refractivity contribution in [3.05, 3.63) is 0 Å². The molecule has 5 nitrogen and oxygen atoms in total. The van der Waals surface area contributed by atoms with E-state index in [0.717, 1.165) is 19.4 Å². The second-order valence-electron chi connectivity index (χ2n) is 4.17. The van der Waals surface area contributed by atoms with Crippen molar-refractivity contribution in [1.82, 2.24) is 9.80 Å². The van der Waals surface area contributed by atoms with Gasteiger partial charge in [-0.05, 0) is 26.3 Å². The number of hydrogen-bond donors (Lipinski definition) is 0. The molecule has 0 aliphatic carbocycles. The monoisotopic (exact) mass is 228 g/mol. The number of amides is 1. The van der Waals surface area contributed by atoms with Crippen LogP contribution in [0.3, 0.4) is 0 Å². The minimum absolute atomic E-state index is 0.0711. The first-order chi connectivity index (χ1) is 7.56. The summed E-state index contributed by atoms with van der Waals surface area (Å²) in [7, 11) is 3.48. The van der Waals surface area contributed by atoms with Crippen LogP contribution in [0.4, 0.5) is 0 Å². The van der Waals surface area contributed by atoms with Crippen molar-refractivity contribution in [1.29, 1.82) is 0 Å². The average molecular weight is 228 g/mol. The van der Waals surface area contributed by atoms with Gasteiger partial charge in [0.1, 0.15) is 0 Å². The van der Waals surface area contributed by atoms with Gasteiger partial charge < -0.3 is 9.64 Å². The summed E-state index contributed by atoms with van der Waals surface area (Å²) < 4.78 is 4.89. The standard InChI is InChI=1S/C11H20N2O3/c1-4-16-10(14)8-13-7-5-6-9(13)11(15)12(2)3/h9H,4-8H2,1-3H3. The highest BCUT2D eigenvalue weighted by Gasteiger charge is 2.32. The summed E-state index contributed by atoms with van der Waals surface area (Å²) in [4.78, 5) is 26.7. The lowest BCUT2D eigenvalue weighted by molar-refractivity contribution is -0.145. The average Bonchev–Trinajstić information content (AvgIpc) is 2.64. The number of likely N-dealkylation sites (tertiary alicyclic amines) is 1. The molecule has 0 aromatic heterocycles. The fourth-order valence-corrected chi connectivity index (χ4v) is 1.97. The maximum atomic E-state index is 11.8.